The zero-order chi connectivity index (χ0) is 21.2. The van der Waals surface area contributed by atoms with E-state index in [1.165, 1.54) is 11.0 Å². The molecule has 0 atom stereocenters. The van der Waals surface area contributed by atoms with Gasteiger partial charge in [0.1, 0.15) is 18.0 Å². The third-order valence-electron chi connectivity index (χ3n) is 4.60. The maximum absolute atomic E-state index is 12.0. The Hall–Kier alpha value is -3.61. The molecule has 7 nitrogen and oxygen atoms in total. The molecule has 2 aromatic carbocycles. The predicted molar refractivity (Wildman–Crippen MR) is 113 cm³/mol. The molecule has 0 bridgehead atoms. The fourth-order valence-corrected chi connectivity index (χ4v) is 3.07. The van der Waals surface area contributed by atoms with E-state index >= 15 is 0 Å². The molecule has 1 aliphatic rings. The zero-order valence-corrected chi connectivity index (χ0v) is 16.7. The number of nitrogens with one attached hydrogen (secondary N) is 2. The van der Waals surface area contributed by atoms with Crippen LogP contribution in [0.4, 0.5) is 0 Å². The maximum atomic E-state index is 12.0. The molecule has 0 radical (unpaired) electrons. The number of rotatable bonds is 6. The molecule has 0 spiro atoms. The van der Waals surface area contributed by atoms with E-state index in [2.05, 4.69) is 10.9 Å². The molecule has 1 aliphatic heterocycles. The van der Waals surface area contributed by atoms with Crippen LogP contribution in [-0.4, -0.2) is 35.7 Å². The monoisotopic (exact) mass is 407 g/mol. The lowest BCUT2D eigenvalue weighted by molar-refractivity contribution is -0.136. The number of carbonyl (C=O) groups is 3. The largest absolute Gasteiger partial charge is 0.457 e. The summed E-state index contributed by atoms with van der Waals surface area (Å²) in [5, 5.41) is 0. The Balaban J connectivity index is 1.47. The lowest BCUT2D eigenvalue weighted by Gasteiger charge is -2.19. The highest BCUT2D eigenvalue weighted by Gasteiger charge is 2.19. The molecule has 2 N–H and O–H groups in total. The summed E-state index contributed by atoms with van der Waals surface area (Å²) >= 11 is 0. The normalized spacial score (nSPS) is 14.3. The van der Waals surface area contributed by atoms with Crippen LogP contribution in [0.3, 0.4) is 0 Å². The van der Waals surface area contributed by atoms with Crippen LogP contribution in [-0.2, 0) is 14.4 Å². The second-order valence-corrected chi connectivity index (χ2v) is 6.98. The smallest absolute Gasteiger partial charge is 0.262 e. The second-order valence-electron chi connectivity index (χ2n) is 6.98. The number of likely N-dealkylation sites (tertiary alicyclic amines) is 1. The van der Waals surface area contributed by atoms with E-state index in [0.717, 1.165) is 30.6 Å². The highest BCUT2D eigenvalue weighted by atomic mass is 16.5. The van der Waals surface area contributed by atoms with Gasteiger partial charge in [0.15, 0.2) is 0 Å². The lowest BCUT2D eigenvalue weighted by Crippen LogP contribution is -2.47. The maximum Gasteiger partial charge on any atom is 0.262 e. The molecule has 0 aliphatic carbocycles. The summed E-state index contributed by atoms with van der Waals surface area (Å²) < 4.78 is 5.77. The van der Waals surface area contributed by atoms with Crippen LogP contribution in [0, 0.1) is 0 Å². The van der Waals surface area contributed by atoms with Gasteiger partial charge in [0.2, 0.25) is 5.91 Å². The van der Waals surface area contributed by atoms with Crippen molar-refractivity contribution in [3.63, 3.8) is 0 Å². The number of ether oxygens (including phenoxy) is 1. The van der Waals surface area contributed by atoms with Crippen LogP contribution in [0.15, 0.2) is 60.7 Å². The first-order chi connectivity index (χ1) is 14.6. The minimum atomic E-state index is -0.472. The Morgan fingerprint density at radius 2 is 1.77 bits per heavy atom. The SMILES string of the molecule is O=C(/C=C/c1cccc(Oc2ccccc2)c1)NNC(=O)CN1CCCCCC1=O. The van der Waals surface area contributed by atoms with Crippen LogP contribution >= 0.6 is 0 Å². The van der Waals surface area contributed by atoms with Crippen LogP contribution in [0.1, 0.15) is 31.2 Å². The van der Waals surface area contributed by atoms with Gasteiger partial charge in [-0.05, 0) is 48.7 Å². The van der Waals surface area contributed by atoms with E-state index in [-0.39, 0.29) is 12.5 Å². The Kier molecular flexibility index (Phi) is 7.60. The van der Waals surface area contributed by atoms with Crippen molar-refractivity contribution < 1.29 is 19.1 Å². The van der Waals surface area contributed by atoms with Crippen molar-refractivity contribution in [2.24, 2.45) is 0 Å². The van der Waals surface area contributed by atoms with Crippen molar-refractivity contribution in [2.75, 3.05) is 13.1 Å². The first-order valence-corrected chi connectivity index (χ1v) is 9.98. The van der Waals surface area contributed by atoms with E-state index in [9.17, 15) is 14.4 Å². The average molecular weight is 407 g/mol. The number of para-hydroxylation sites is 1. The fourth-order valence-electron chi connectivity index (χ4n) is 3.07. The number of hydrazine groups is 1. The summed E-state index contributed by atoms with van der Waals surface area (Å²) in [6.07, 6.45) is 6.15. The second kappa shape index (κ2) is 10.8. The molecule has 3 rings (SSSR count). The topological polar surface area (TPSA) is 87.7 Å². The van der Waals surface area contributed by atoms with Gasteiger partial charge in [-0.1, -0.05) is 36.8 Å². The molecule has 2 aromatic rings. The zero-order valence-electron chi connectivity index (χ0n) is 16.7. The minimum Gasteiger partial charge on any atom is -0.457 e. The van der Waals surface area contributed by atoms with Crippen molar-refractivity contribution in [3.8, 4) is 11.5 Å². The van der Waals surface area contributed by atoms with Crippen molar-refractivity contribution in [3.05, 3.63) is 66.2 Å². The third kappa shape index (κ3) is 6.77. The molecule has 7 heteroatoms. The van der Waals surface area contributed by atoms with E-state index in [1.54, 1.807) is 12.1 Å². The number of nitrogens with zero attached hydrogens (tertiary/aromatic N) is 1. The Bertz CT molecular complexity index is 912. The van der Waals surface area contributed by atoms with Crippen molar-refractivity contribution in [1.82, 2.24) is 15.8 Å². The highest BCUT2D eigenvalue weighted by Crippen LogP contribution is 2.22. The molecule has 3 amide bonds. The molecular weight excluding hydrogens is 382 g/mol. The molecule has 0 aromatic heterocycles. The van der Waals surface area contributed by atoms with E-state index in [1.807, 2.05) is 48.5 Å². The first-order valence-electron chi connectivity index (χ1n) is 9.98. The molecule has 1 fully saturated rings. The van der Waals surface area contributed by atoms with Crippen molar-refractivity contribution in [1.29, 1.82) is 0 Å². The summed E-state index contributed by atoms with van der Waals surface area (Å²) in [5.41, 5.74) is 5.45. The summed E-state index contributed by atoms with van der Waals surface area (Å²) in [7, 11) is 0. The van der Waals surface area contributed by atoms with Crippen LogP contribution < -0.4 is 15.6 Å². The van der Waals surface area contributed by atoms with Crippen LogP contribution in [0.2, 0.25) is 0 Å². The van der Waals surface area contributed by atoms with Crippen molar-refractivity contribution >= 4 is 23.8 Å². The van der Waals surface area contributed by atoms with E-state index < -0.39 is 11.8 Å². The first kappa shape index (κ1) is 21.1. The standard InChI is InChI=1S/C23H25N3O4/c27-21(24-25-22(28)17-26-15-6-2-5-12-23(26)29)14-13-18-8-7-11-20(16-18)30-19-9-3-1-4-10-19/h1,3-4,7-11,13-14,16H,2,5-6,12,15,17H2,(H,24,27)(H,25,28)/b14-13+. The van der Waals surface area contributed by atoms with Gasteiger partial charge in [-0.2, -0.15) is 0 Å². The van der Waals surface area contributed by atoms with Gasteiger partial charge in [0, 0.05) is 19.0 Å². The molecule has 0 unspecified atom stereocenters. The number of hydrogen-bond donors (Lipinski definition) is 2. The number of amides is 3. The van der Waals surface area contributed by atoms with Gasteiger partial charge in [0.05, 0.1) is 0 Å². The molecule has 30 heavy (non-hydrogen) atoms. The Morgan fingerprint density at radius 3 is 2.60 bits per heavy atom. The summed E-state index contributed by atoms with van der Waals surface area (Å²) in [5.74, 6) is 0.456. The summed E-state index contributed by atoms with van der Waals surface area (Å²) in [6.45, 7) is 0.517. The molecule has 0 saturated carbocycles. The van der Waals surface area contributed by atoms with Gasteiger partial charge in [0.25, 0.3) is 11.8 Å². The Labute approximate surface area is 175 Å². The number of carbonyl (C=O) groups excluding carboxylic acids is 3. The fraction of sp³-hybridized carbons (Fsp3) is 0.261. The van der Waals surface area contributed by atoms with Gasteiger partial charge in [-0.25, -0.2) is 0 Å². The third-order valence-corrected chi connectivity index (χ3v) is 4.60. The van der Waals surface area contributed by atoms with Gasteiger partial charge in [-0.3, -0.25) is 25.2 Å². The van der Waals surface area contributed by atoms with E-state index in [4.69, 9.17) is 4.74 Å². The average Bonchev–Trinajstić information content (AvgIpc) is 2.96. The Morgan fingerprint density at radius 1 is 0.967 bits per heavy atom. The molecular formula is C23H25N3O4. The predicted octanol–water partition coefficient (Wildman–Crippen LogP) is 3.04. The molecule has 156 valence electrons. The molecule has 1 heterocycles. The van der Waals surface area contributed by atoms with Crippen LogP contribution in [0.5, 0.6) is 11.5 Å². The van der Waals surface area contributed by atoms with Crippen molar-refractivity contribution in [2.45, 2.75) is 25.7 Å². The lowest BCUT2D eigenvalue weighted by atomic mass is 10.2. The van der Waals surface area contributed by atoms with Crippen LogP contribution in [0.25, 0.3) is 6.08 Å². The summed E-state index contributed by atoms with van der Waals surface area (Å²) in [6, 6.07) is 16.7. The quantitative estimate of drug-likeness (QED) is 0.569. The minimum absolute atomic E-state index is 0.0218. The highest BCUT2D eigenvalue weighted by molar-refractivity contribution is 5.93. The number of benzene rings is 2. The van der Waals surface area contributed by atoms with E-state index in [0.29, 0.717) is 18.7 Å². The summed E-state index contributed by atoms with van der Waals surface area (Å²) in [4.78, 5) is 37.4. The molecule has 1 saturated heterocycles. The van der Waals surface area contributed by atoms with Gasteiger partial charge >= 0.3 is 0 Å². The van der Waals surface area contributed by atoms with Gasteiger partial charge in [-0.15, -0.1) is 0 Å². The van der Waals surface area contributed by atoms with Gasteiger partial charge < -0.3 is 9.64 Å². The number of hydrogen-bond acceptors (Lipinski definition) is 4.